The van der Waals surface area contributed by atoms with E-state index in [1.54, 1.807) is 18.2 Å². The van der Waals surface area contributed by atoms with Crippen LogP contribution in [0.5, 0.6) is 17.2 Å². The molecule has 0 saturated carbocycles. The van der Waals surface area contributed by atoms with E-state index in [-0.39, 0.29) is 24.7 Å². The number of fused-ring (bicyclic) bond motifs is 2. The second kappa shape index (κ2) is 10.2. The SMILES string of the molecule is CCOc1ccc(NC(=S)N(Cc2ccc(F)cc2)Cc2cc3cc4c(cc3[nH]c2=O)OCO4)cc1. The summed E-state index contributed by atoms with van der Waals surface area (Å²) in [5, 5.41) is 4.48. The van der Waals surface area contributed by atoms with E-state index in [1.807, 2.05) is 48.2 Å². The summed E-state index contributed by atoms with van der Waals surface area (Å²) in [5.74, 6) is 1.69. The highest BCUT2D eigenvalue weighted by molar-refractivity contribution is 7.80. The Balaban J connectivity index is 1.42. The number of nitrogens with zero attached hydrogens (tertiary/aromatic N) is 1. The van der Waals surface area contributed by atoms with Crippen LogP contribution in [0.3, 0.4) is 0 Å². The number of nitrogens with one attached hydrogen (secondary N) is 2. The van der Waals surface area contributed by atoms with Gasteiger partial charge in [0, 0.05) is 29.2 Å². The zero-order chi connectivity index (χ0) is 25.1. The molecule has 0 fully saturated rings. The summed E-state index contributed by atoms with van der Waals surface area (Å²) < 4.78 is 29.9. The van der Waals surface area contributed by atoms with E-state index in [2.05, 4.69) is 10.3 Å². The van der Waals surface area contributed by atoms with Crippen molar-refractivity contribution < 1.29 is 18.6 Å². The molecule has 5 rings (SSSR count). The predicted octanol–water partition coefficient (Wildman–Crippen LogP) is 5.19. The Morgan fingerprint density at radius 1 is 1.06 bits per heavy atom. The molecule has 0 bridgehead atoms. The molecule has 1 aliphatic heterocycles. The van der Waals surface area contributed by atoms with E-state index >= 15 is 0 Å². The van der Waals surface area contributed by atoms with Gasteiger partial charge in [-0.15, -0.1) is 0 Å². The average Bonchev–Trinajstić information content (AvgIpc) is 3.32. The number of benzene rings is 3. The fraction of sp³-hybridized carbons (Fsp3) is 0.185. The molecule has 36 heavy (non-hydrogen) atoms. The standard InChI is InChI=1S/C27H24FN3O4S/c1-2-33-22-9-7-21(8-10-22)29-27(36)31(14-17-3-5-20(28)6-4-17)15-19-11-18-12-24-25(35-16-34-24)13-23(18)30-26(19)32/h3-13H,2,14-16H2,1H3,(H,29,36)(H,30,32). The van der Waals surface area contributed by atoms with Crippen LogP contribution in [0.15, 0.2) is 71.5 Å². The molecule has 0 aliphatic carbocycles. The molecule has 184 valence electrons. The molecule has 2 heterocycles. The second-order valence-corrected chi connectivity index (χ2v) is 8.67. The molecule has 3 aromatic carbocycles. The van der Waals surface area contributed by atoms with E-state index < -0.39 is 0 Å². The van der Waals surface area contributed by atoms with Crippen molar-refractivity contribution in [3.8, 4) is 17.2 Å². The first-order valence-electron chi connectivity index (χ1n) is 11.5. The number of ether oxygens (including phenoxy) is 3. The van der Waals surface area contributed by atoms with Crippen LogP contribution in [0.4, 0.5) is 10.1 Å². The van der Waals surface area contributed by atoms with Crippen molar-refractivity contribution in [2.75, 3.05) is 18.7 Å². The Hall–Kier alpha value is -4.11. The van der Waals surface area contributed by atoms with Crippen molar-refractivity contribution in [2.24, 2.45) is 0 Å². The van der Waals surface area contributed by atoms with Crippen LogP contribution in [0.25, 0.3) is 10.9 Å². The average molecular weight is 506 g/mol. The maximum Gasteiger partial charge on any atom is 0.253 e. The van der Waals surface area contributed by atoms with Gasteiger partial charge >= 0.3 is 0 Å². The fourth-order valence-corrected chi connectivity index (χ4v) is 4.22. The third-order valence-corrected chi connectivity index (χ3v) is 6.13. The number of hydrogen-bond acceptors (Lipinski definition) is 5. The van der Waals surface area contributed by atoms with Crippen LogP contribution in [0.2, 0.25) is 0 Å². The maximum atomic E-state index is 13.5. The van der Waals surface area contributed by atoms with Crippen molar-refractivity contribution in [2.45, 2.75) is 20.0 Å². The molecule has 0 radical (unpaired) electrons. The van der Waals surface area contributed by atoms with Gasteiger partial charge in [0.2, 0.25) is 6.79 Å². The highest BCUT2D eigenvalue weighted by atomic mass is 32.1. The van der Waals surface area contributed by atoms with Crippen molar-refractivity contribution >= 4 is 33.9 Å². The number of aromatic nitrogens is 1. The number of thiocarbonyl (C=S) groups is 1. The van der Waals surface area contributed by atoms with Crippen LogP contribution in [-0.2, 0) is 13.1 Å². The van der Waals surface area contributed by atoms with Crippen molar-refractivity contribution in [1.29, 1.82) is 0 Å². The largest absolute Gasteiger partial charge is 0.494 e. The molecule has 7 nitrogen and oxygen atoms in total. The molecule has 2 N–H and O–H groups in total. The minimum Gasteiger partial charge on any atom is -0.494 e. The first-order valence-corrected chi connectivity index (χ1v) is 11.9. The number of aromatic amines is 1. The van der Waals surface area contributed by atoms with Crippen LogP contribution >= 0.6 is 12.2 Å². The topological polar surface area (TPSA) is 75.8 Å². The van der Waals surface area contributed by atoms with Gasteiger partial charge in [-0.2, -0.15) is 0 Å². The summed E-state index contributed by atoms with van der Waals surface area (Å²) in [6, 6.07) is 19.1. The lowest BCUT2D eigenvalue weighted by Crippen LogP contribution is -2.35. The maximum absolute atomic E-state index is 13.5. The molecule has 1 aromatic heterocycles. The lowest BCUT2D eigenvalue weighted by atomic mass is 10.1. The van der Waals surface area contributed by atoms with E-state index in [0.717, 1.165) is 22.4 Å². The normalized spacial score (nSPS) is 11.9. The summed E-state index contributed by atoms with van der Waals surface area (Å²) in [4.78, 5) is 17.8. The zero-order valence-electron chi connectivity index (χ0n) is 19.5. The summed E-state index contributed by atoms with van der Waals surface area (Å²) >= 11 is 5.73. The predicted molar refractivity (Wildman–Crippen MR) is 140 cm³/mol. The fourth-order valence-electron chi connectivity index (χ4n) is 3.98. The monoisotopic (exact) mass is 505 g/mol. The molecule has 4 aromatic rings. The second-order valence-electron chi connectivity index (χ2n) is 8.29. The third-order valence-electron chi connectivity index (χ3n) is 5.77. The molecule has 0 unspecified atom stereocenters. The van der Waals surface area contributed by atoms with Gasteiger partial charge in [0.25, 0.3) is 5.56 Å². The molecule has 0 saturated heterocycles. The van der Waals surface area contributed by atoms with Crippen molar-refractivity contribution in [3.63, 3.8) is 0 Å². The minimum absolute atomic E-state index is 0.152. The summed E-state index contributed by atoms with van der Waals surface area (Å²) in [5.41, 5.74) is 2.60. The Labute approximate surface area is 212 Å². The van der Waals surface area contributed by atoms with Gasteiger partial charge in [-0.25, -0.2) is 4.39 Å². The zero-order valence-corrected chi connectivity index (χ0v) is 20.4. The van der Waals surface area contributed by atoms with E-state index in [0.29, 0.717) is 40.8 Å². The van der Waals surface area contributed by atoms with Crippen LogP contribution in [0.1, 0.15) is 18.1 Å². The Bertz CT molecular complexity index is 1460. The van der Waals surface area contributed by atoms with Gasteiger partial charge in [-0.1, -0.05) is 12.1 Å². The Morgan fingerprint density at radius 3 is 2.50 bits per heavy atom. The lowest BCUT2D eigenvalue weighted by molar-refractivity contribution is 0.174. The van der Waals surface area contributed by atoms with E-state index in [4.69, 9.17) is 26.4 Å². The first kappa shape index (κ1) is 23.6. The quantitative estimate of drug-likeness (QED) is 0.335. The summed E-state index contributed by atoms with van der Waals surface area (Å²) in [6.45, 7) is 3.28. The van der Waals surface area contributed by atoms with Gasteiger partial charge in [0.1, 0.15) is 11.6 Å². The minimum atomic E-state index is -0.315. The number of H-pyrrole nitrogens is 1. The summed E-state index contributed by atoms with van der Waals surface area (Å²) in [6.07, 6.45) is 0. The molecule has 0 amide bonds. The smallest absolute Gasteiger partial charge is 0.253 e. The Morgan fingerprint density at radius 2 is 1.78 bits per heavy atom. The van der Waals surface area contributed by atoms with Gasteiger partial charge in [0.15, 0.2) is 16.6 Å². The highest BCUT2D eigenvalue weighted by Crippen LogP contribution is 2.35. The van der Waals surface area contributed by atoms with Gasteiger partial charge in [-0.05, 0) is 73.2 Å². The van der Waals surface area contributed by atoms with Crippen LogP contribution < -0.4 is 25.1 Å². The van der Waals surface area contributed by atoms with E-state index in [1.165, 1.54) is 12.1 Å². The lowest BCUT2D eigenvalue weighted by Gasteiger charge is -2.26. The molecule has 0 spiro atoms. The Kier molecular flexibility index (Phi) is 6.73. The molecule has 0 atom stereocenters. The molecule has 1 aliphatic rings. The van der Waals surface area contributed by atoms with Crippen LogP contribution in [0, 0.1) is 5.82 Å². The molecule has 9 heteroatoms. The molecular weight excluding hydrogens is 481 g/mol. The first-order chi connectivity index (χ1) is 17.5. The number of pyridine rings is 1. The molecular formula is C27H24FN3O4S. The highest BCUT2D eigenvalue weighted by Gasteiger charge is 2.18. The number of rotatable bonds is 7. The van der Waals surface area contributed by atoms with Crippen molar-refractivity contribution in [1.82, 2.24) is 9.88 Å². The number of hydrogen-bond donors (Lipinski definition) is 2. The number of anilines is 1. The summed E-state index contributed by atoms with van der Waals surface area (Å²) in [7, 11) is 0. The van der Waals surface area contributed by atoms with Gasteiger partial charge in [0.05, 0.1) is 18.7 Å². The number of halogens is 1. The van der Waals surface area contributed by atoms with E-state index in [9.17, 15) is 9.18 Å². The van der Waals surface area contributed by atoms with Gasteiger partial charge < -0.3 is 29.4 Å². The van der Waals surface area contributed by atoms with Crippen molar-refractivity contribution in [3.05, 3.63) is 94.0 Å². The van der Waals surface area contributed by atoms with Crippen LogP contribution in [-0.4, -0.2) is 28.4 Å². The third kappa shape index (κ3) is 5.26. The van der Waals surface area contributed by atoms with Gasteiger partial charge in [-0.3, -0.25) is 4.79 Å².